The van der Waals surface area contributed by atoms with Gasteiger partial charge in [-0.3, -0.25) is 29.5 Å². The van der Waals surface area contributed by atoms with E-state index < -0.39 is 12.0 Å². The Hall–Kier alpha value is -3.14. The number of hydrogen-bond donors (Lipinski definition) is 2. The Morgan fingerprint density at radius 2 is 1.74 bits per heavy atom. The molecule has 3 aliphatic heterocycles. The van der Waals surface area contributed by atoms with Gasteiger partial charge in [-0.05, 0) is 62.7 Å². The van der Waals surface area contributed by atoms with Crippen molar-refractivity contribution in [2.24, 2.45) is 5.41 Å². The second-order valence-corrected chi connectivity index (χ2v) is 9.54. The highest BCUT2D eigenvalue weighted by Crippen LogP contribution is 2.41. The summed E-state index contributed by atoms with van der Waals surface area (Å²) in [5.74, 6) is -0.642. The van der Waals surface area contributed by atoms with Gasteiger partial charge >= 0.3 is 12.0 Å². The number of carbonyl (C=O) groups excluding carboxylic acids is 3. The monoisotopic (exact) mass is 472 g/mol. The van der Waals surface area contributed by atoms with E-state index in [1.54, 1.807) is 12.1 Å². The summed E-state index contributed by atoms with van der Waals surface area (Å²) in [7, 11) is 0. The van der Waals surface area contributed by atoms with E-state index >= 15 is 0 Å². The lowest BCUT2D eigenvalue weighted by Crippen LogP contribution is -2.50. The lowest BCUT2D eigenvalue weighted by Gasteiger charge is -2.46. The summed E-state index contributed by atoms with van der Waals surface area (Å²) in [6, 6.07) is 4.88. The maximum absolute atomic E-state index is 12.8. The van der Waals surface area contributed by atoms with Crippen LogP contribution < -0.4 is 15.0 Å². The van der Waals surface area contributed by atoms with Crippen molar-refractivity contribution >= 4 is 29.5 Å². The summed E-state index contributed by atoms with van der Waals surface area (Å²) in [6.07, 6.45) is 4.04. The van der Waals surface area contributed by atoms with E-state index in [1.165, 1.54) is 4.90 Å². The zero-order valence-corrected chi connectivity index (χ0v) is 19.5. The number of imide groups is 1. The Morgan fingerprint density at radius 3 is 2.38 bits per heavy atom. The minimum absolute atomic E-state index is 0.0680. The van der Waals surface area contributed by atoms with Crippen LogP contribution in [0.4, 0.5) is 10.5 Å². The first kappa shape index (κ1) is 24.0. The first-order valence-electron chi connectivity index (χ1n) is 11.8. The highest BCUT2D eigenvalue weighted by molar-refractivity contribution is 6.06. The number of hydrogen-bond acceptors (Lipinski definition) is 6. The van der Waals surface area contributed by atoms with Gasteiger partial charge in [-0.2, -0.15) is 0 Å². The van der Waals surface area contributed by atoms with Gasteiger partial charge in [-0.15, -0.1) is 0 Å². The molecule has 0 radical (unpaired) electrons. The maximum atomic E-state index is 12.8. The number of carboxylic acid groups (broad SMARTS) is 1. The molecule has 0 atom stereocenters. The number of carboxylic acids is 1. The third-order valence-corrected chi connectivity index (χ3v) is 7.34. The number of carbonyl (C=O) groups is 4. The van der Waals surface area contributed by atoms with Crippen LogP contribution in [0.2, 0.25) is 0 Å². The van der Waals surface area contributed by atoms with Gasteiger partial charge in [-0.25, -0.2) is 4.79 Å². The molecule has 3 aliphatic rings. The van der Waals surface area contributed by atoms with Crippen LogP contribution in [-0.4, -0.2) is 84.6 Å². The molecule has 3 fully saturated rings. The lowest BCUT2D eigenvalue weighted by molar-refractivity contribution is -0.140. The highest BCUT2D eigenvalue weighted by Gasteiger charge is 2.38. The van der Waals surface area contributed by atoms with E-state index in [9.17, 15) is 19.2 Å². The van der Waals surface area contributed by atoms with Gasteiger partial charge < -0.3 is 14.7 Å². The lowest BCUT2D eigenvalue weighted by atomic mass is 9.71. The van der Waals surface area contributed by atoms with Gasteiger partial charge in [0.05, 0.1) is 12.2 Å². The summed E-state index contributed by atoms with van der Waals surface area (Å²) >= 11 is 0. The molecule has 1 aromatic rings. The number of piperidine rings is 2. The number of nitrogens with zero attached hydrogens (tertiary/aromatic N) is 3. The number of aryl methyl sites for hydroxylation is 1. The number of nitrogens with one attached hydrogen (secondary N) is 1. The molecular formula is C24H32N4O6. The molecule has 1 spiro atoms. The molecule has 0 aliphatic carbocycles. The van der Waals surface area contributed by atoms with Crippen LogP contribution >= 0.6 is 0 Å². The molecule has 10 heteroatoms. The van der Waals surface area contributed by atoms with Gasteiger partial charge in [0.25, 0.3) is 5.91 Å². The fourth-order valence-corrected chi connectivity index (χ4v) is 5.11. The van der Waals surface area contributed by atoms with Crippen molar-refractivity contribution in [3.63, 3.8) is 0 Å². The summed E-state index contributed by atoms with van der Waals surface area (Å²) < 4.78 is 5.77. The van der Waals surface area contributed by atoms with Gasteiger partial charge in [0, 0.05) is 32.1 Å². The predicted molar refractivity (Wildman–Crippen MR) is 124 cm³/mol. The van der Waals surface area contributed by atoms with Crippen molar-refractivity contribution in [1.82, 2.24) is 15.1 Å². The number of rotatable bonds is 6. The van der Waals surface area contributed by atoms with Crippen molar-refractivity contribution in [3.05, 3.63) is 23.8 Å². The fraction of sp³-hybridized carbons (Fsp3) is 0.583. The Labute approximate surface area is 198 Å². The Kier molecular flexibility index (Phi) is 7.06. The molecule has 0 unspecified atom stereocenters. The minimum atomic E-state index is -0.786. The molecule has 4 amide bonds. The van der Waals surface area contributed by atoms with E-state index in [1.807, 2.05) is 22.8 Å². The van der Waals surface area contributed by atoms with Crippen LogP contribution in [0.3, 0.4) is 0 Å². The largest absolute Gasteiger partial charge is 0.484 e. The zero-order chi connectivity index (χ0) is 24.3. The van der Waals surface area contributed by atoms with Crippen LogP contribution in [-0.2, 0) is 14.4 Å². The Morgan fingerprint density at radius 1 is 1.06 bits per heavy atom. The number of urea groups is 1. The third kappa shape index (κ3) is 5.49. The van der Waals surface area contributed by atoms with E-state index in [4.69, 9.17) is 9.84 Å². The van der Waals surface area contributed by atoms with Crippen LogP contribution in [0.15, 0.2) is 18.2 Å². The Balaban J connectivity index is 1.27. The fourth-order valence-electron chi connectivity index (χ4n) is 5.11. The van der Waals surface area contributed by atoms with E-state index in [0.29, 0.717) is 31.1 Å². The van der Waals surface area contributed by atoms with Gasteiger partial charge in [-0.1, -0.05) is 6.07 Å². The summed E-state index contributed by atoms with van der Waals surface area (Å²) in [5, 5.41) is 11.3. The molecule has 3 saturated heterocycles. The van der Waals surface area contributed by atoms with E-state index in [2.05, 4.69) is 5.32 Å². The van der Waals surface area contributed by atoms with E-state index in [0.717, 1.165) is 44.3 Å². The second-order valence-electron chi connectivity index (χ2n) is 9.54. The van der Waals surface area contributed by atoms with Crippen LogP contribution in [0.1, 0.15) is 37.7 Å². The molecule has 184 valence electrons. The molecule has 10 nitrogen and oxygen atoms in total. The number of aliphatic carboxylic acids is 1. The molecule has 0 aromatic heterocycles. The van der Waals surface area contributed by atoms with Crippen LogP contribution in [0.25, 0.3) is 0 Å². The Bertz CT molecular complexity index is 962. The average Bonchev–Trinajstić information content (AvgIpc) is 2.80. The normalized spacial score (nSPS) is 20.9. The average molecular weight is 473 g/mol. The third-order valence-electron chi connectivity index (χ3n) is 7.34. The number of ether oxygens (including phenoxy) is 1. The highest BCUT2D eigenvalue weighted by atomic mass is 16.5. The zero-order valence-electron chi connectivity index (χ0n) is 19.5. The van der Waals surface area contributed by atoms with Crippen LogP contribution in [0, 0.1) is 12.3 Å². The van der Waals surface area contributed by atoms with E-state index in [-0.39, 0.29) is 36.8 Å². The number of likely N-dealkylation sites (tertiary alicyclic amines) is 2. The molecule has 0 saturated carbocycles. The van der Waals surface area contributed by atoms with Gasteiger partial charge in [0.2, 0.25) is 5.91 Å². The smallest absolute Gasteiger partial charge is 0.328 e. The molecule has 3 heterocycles. The quantitative estimate of drug-likeness (QED) is 0.646. The van der Waals surface area contributed by atoms with Crippen molar-refractivity contribution in [3.8, 4) is 5.75 Å². The summed E-state index contributed by atoms with van der Waals surface area (Å²) in [4.78, 5) is 52.7. The number of anilines is 1. The molecule has 34 heavy (non-hydrogen) atoms. The topological polar surface area (TPSA) is 119 Å². The van der Waals surface area contributed by atoms with Gasteiger partial charge in [0.15, 0.2) is 6.61 Å². The molecular weight excluding hydrogens is 440 g/mol. The first-order chi connectivity index (χ1) is 16.2. The predicted octanol–water partition coefficient (Wildman–Crippen LogP) is 1.61. The molecule has 0 bridgehead atoms. The summed E-state index contributed by atoms with van der Waals surface area (Å²) in [5.41, 5.74) is 1.73. The maximum Gasteiger partial charge on any atom is 0.328 e. The number of amides is 4. The summed E-state index contributed by atoms with van der Waals surface area (Å²) in [6.45, 7) is 5.15. The number of benzene rings is 1. The van der Waals surface area contributed by atoms with Crippen molar-refractivity contribution < 1.29 is 29.0 Å². The van der Waals surface area contributed by atoms with Crippen LogP contribution in [0.5, 0.6) is 5.75 Å². The minimum Gasteiger partial charge on any atom is -0.484 e. The molecule has 2 N–H and O–H groups in total. The second kappa shape index (κ2) is 10.0. The van der Waals surface area contributed by atoms with Gasteiger partial charge in [0.1, 0.15) is 5.75 Å². The SMILES string of the molecule is Cc1ccc(OCC(=O)N2CCC3(CCN(CC(=O)O)CC3)CC2)cc1N1CCC(=O)NC1=O. The molecule has 4 rings (SSSR count). The molecule has 1 aromatic carbocycles. The first-order valence-corrected chi connectivity index (χ1v) is 11.8. The standard InChI is InChI=1S/C24H32N4O6/c1-17-2-3-18(14-19(17)28-9-4-20(29)25-23(28)33)34-16-21(30)27-12-7-24(8-13-27)5-10-26(11-6-24)15-22(31)32/h2-3,14H,4-13,15-16H2,1H3,(H,31,32)(H,25,29,33). The van der Waals surface area contributed by atoms with Crippen molar-refractivity contribution in [1.29, 1.82) is 0 Å². The van der Waals surface area contributed by atoms with Crippen molar-refractivity contribution in [2.45, 2.75) is 39.0 Å². The van der Waals surface area contributed by atoms with Crippen molar-refractivity contribution in [2.75, 3.05) is 50.8 Å².